The number of aryl methyl sites for hydroxylation is 1. The van der Waals surface area contributed by atoms with Gasteiger partial charge in [-0.15, -0.1) is 0 Å². The molecule has 0 unspecified atom stereocenters. The minimum absolute atomic E-state index is 0.987. The molecule has 0 amide bonds. The minimum Gasteiger partial charge on any atom is -0.164 e. The number of aromatic nitrogens is 2. The summed E-state index contributed by atoms with van der Waals surface area (Å²) >= 11 is 0. The van der Waals surface area contributed by atoms with Gasteiger partial charge in [-0.1, -0.05) is 0 Å². The normalized spacial score (nSPS) is 10.9. The van der Waals surface area contributed by atoms with Gasteiger partial charge in [0.2, 0.25) is 0 Å². The second-order valence-electron chi connectivity index (χ2n) is 1.75. The summed E-state index contributed by atoms with van der Waals surface area (Å²) in [5.41, 5.74) is 0.987. The van der Waals surface area contributed by atoms with E-state index in [0.29, 0.717) is 0 Å². The fraction of sp³-hybridized carbons (Fsp3) is 0.333. The molecule has 0 radical (unpaired) electrons. The first-order valence-electron chi connectivity index (χ1n) is 2.84. The average Bonchev–Trinajstić information content (AvgIpc) is 2.17. The third kappa shape index (κ3) is 1.38. The first-order valence-corrected chi connectivity index (χ1v) is 2.84. The predicted octanol–water partition coefficient (Wildman–Crippen LogP) is 1.05. The lowest BCUT2D eigenvalue weighted by Crippen LogP contribution is -1.87. The molecular formula is C6H9N3. The lowest BCUT2D eigenvalue weighted by atomic mass is 10.5. The van der Waals surface area contributed by atoms with Crippen molar-refractivity contribution in [1.82, 2.24) is 9.89 Å². The van der Waals surface area contributed by atoms with Crippen LogP contribution in [0.25, 0.3) is 0 Å². The SMILES string of the molecule is CC=Nn1ccc(C)n1. The van der Waals surface area contributed by atoms with E-state index in [2.05, 4.69) is 10.2 Å². The third-order valence-electron chi connectivity index (χ3n) is 0.943. The van der Waals surface area contributed by atoms with E-state index < -0.39 is 0 Å². The van der Waals surface area contributed by atoms with Crippen LogP contribution in [0.4, 0.5) is 0 Å². The highest BCUT2D eigenvalue weighted by molar-refractivity contribution is 5.52. The molecule has 0 saturated carbocycles. The van der Waals surface area contributed by atoms with E-state index in [1.165, 1.54) is 4.79 Å². The Kier molecular flexibility index (Phi) is 1.63. The first kappa shape index (κ1) is 6.01. The van der Waals surface area contributed by atoms with Crippen LogP contribution in [0.3, 0.4) is 0 Å². The third-order valence-corrected chi connectivity index (χ3v) is 0.943. The molecule has 1 aromatic heterocycles. The molecule has 0 aliphatic rings. The van der Waals surface area contributed by atoms with Gasteiger partial charge in [0.05, 0.1) is 11.9 Å². The molecule has 1 rings (SSSR count). The lowest BCUT2D eigenvalue weighted by molar-refractivity contribution is 0.734. The highest BCUT2D eigenvalue weighted by atomic mass is 15.5. The van der Waals surface area contributed by atoms with Crippen LogP contribution in [-0.2, 0) is 0 Å². The highest BCUT2D eigenvalue weighted by Crippen LogP contribution is 1.90. The van der Waals surface area contributed by atoms with Gasteiger partial charge in [0, 0.05) is 6.21 Å². The second kappa shape index (κ2) is 2.44. The van der Waals surface area contributed by atoms with Crippen LogP contribution in [0.1, 0.15) is 12.6 Å². The topological polar surface area (TPSA) is 30.2 Å². The van der Waals surface area contributed by atoms with Crippen molar-refractivity contribution >= 4 is 6.21 Å². The second-order valence-corrected chi connectivity index (χ2v) is 1.75. The molecule has 3 nitrogen and oxygen atoms in total. The summed E-state index contributed by atoms with van der Waals surface area (Å²) in [6.07, 6.45) is 3.52. The van der Waals surface area contributed by atoms with Gasteiger partial charge in [-0.25, -0.2) is 0 Å². The molecule has 0 atom stereocenters. The summed E-state index contributed by atoms with van der Waals surface area (Å²) in [7, 11) is 0. The summed E-state index contributed by atoms with van der Waals surface area (Å²) in [6, 6.07) is 1.91. The van der Waals surface area contributed by atoms with Crippen molar-refractivity contribution in [2.45, 2.75) is 13.8 Å². The zero-order chi connectivity index (χ0) is 6.69. The summed E-state index contributed by atoms with van der Waals surface area (Å²) in [4.78, 5) is 1.54. The Morgan fingerprint density at radius 2 is 2.56 bits per heavy atom. The van der Waals surface area contributed by atoms with E-state index in [0.717, 1.165) is 5.69 Å². The van der Waals surface area contributed by atoms with Crippen LogP contribution in [-0.4, -0.2) is 16.1 Å². The number of nitrogens with zero attached hydrogens (tertiary/aromatic N) is 3. The number of hydrogen-bond acceptors (Lipinski definition) is 2. The van der Waals surface area contributed by atoms with Gasteiger partial charge in [-0.3, -0.25) is 0 Å². The van der Waals surface area contributed by atoms with Crippen LogP contribution in [0.5, 0.6) is 0 Å². The Labute approximate surface area is 54.0 Å². The molecule has 9 heavy (non-hydrogen) atoms. The Balaban J connectivity index is 2.85. The van der Waals surface area contributed by atoms with E-state index in [1.807, 2.05) is 26.1 Å². The van der Waals surface area contributed by atoms with Gasteiger partial charge in [-0.05, 0) is 19.9 Å². The van der Waals surface area contributed by atoms with Crippen LogP contribution in [0.2, 0.25) is 0 Å². The van der Waals surface area contributed by atoms with Gasteiger partial charge in [-0.2, -0.15) is 15.0 Å². The maximum atomic E-state index is 4.02. The molecule has 0 aromatic carbocycles. The molecule has 3 heteroatoms. The predicted molar refractivity (Wildman–Crippen MR) is 36.5 cm³/mol. The summed E-state index contributed by atoms with van der Waals surface area (Å²) in [5.74, 6) is 0. The molecule has 0 spiro atoms. The maximum absolute atomic E-state index is 4.02. The minimum atomic E-state index is 0.987. The first-order chi connectivity index (χ1) is 4.33. The van der Waals surface area contributed by atoms with Crippen molar-refractivity contribution < 1.29 is 0 Å². The molecule has 0 fully saturated rings. The Morgan fingerprint density at radius 1 is 1.78 bits per heavy atom. The van der Waals surface area contributed by atoms with Crippen LogP contribution in [0, 0.1) is 6.92 Å². The fourth-order valence-corrected chi connectivity index (χ4v) is 0.585. The van der Waals surface area contributed by atoms with Crippen molar-refractivity contribution in [2.24, 2.45) is 5.10 Å². The summed E-state index contributed by atoms with van der Waals surface area (Å²) in [5, 5.41) is 7.93. The van der Waals surface area contributed by atoms with Gasteiger partial charge >= 0.3 is 0 Å². The monoisotopic (exact) mass is 123 g/mol. The number of rotatable bonds is 1. The van der Waals surface area contributed by atoms with Gasteiger partial charge in [0.15, 0.2) is 0 Å². The Bertz CT molecular complexity index is 212. The van der Waals surface area contributed by atoms with E-state index in [4.69, 9.17) is 0 Å². The van der Waals surface area contributed by atoms with E-state index in [9.17, 15) is 0 Å². The standard InChI is InChI=1S/C6H9N3/c1-3-7-9-5-4-6(2)8-9/h3-5H,1-2H3. The van der Waals surface area contributed by atoms with Crippen molar-refractivity contribution in [3.8, 4) is 0 Å². The lowest BCUT2D eigenvalue weighted by Gasteiger charge is -1.84. The van der Waals surface area contributed by atoms with Crippen LogP contribution >= 0.6 is 0 Å². The Morgan fingerprint density at radius 3 is 3.00 bits per heavy atom. The molecule has 48 valence electrons. The average molecular weight is 123 g/mol. The molecule has 0 N–H and O–H groups in total. The molecule has 1 heterocycles. The number of hydrogen-bond donors (Lipinski definition) is 0. The van der Waals surface area contributed by atoms with Gasteiger partial charge < -0.3 is 0 Å². The molecule has 0 aliphatic carbocycles. The van der Waals surface area contributed by atoms with Crippen molar-refractivity contribution in [1.29, 1.82) is 0 Å². The van der Waals surface area contributed by atoms with Gasteiger partial charge in [0.1, 0.15) is 0 Å². The Hall–Kier alpha value is -1.12. The fourth-order valence-electron chi connectivity index (χ4n) is 0.585. The zero-order valence-corrected chi connectivity index (χ0v) is 5.57. The van der Waals surface area contributed by atoms with Crippen molar-refractivity contribution in [2.75, 3.05) is 0 Å². The summed E-state index contributed by atoms with van der Waals surface area (Å²) in [6.45, 7) is 3.79. The smallest absolute Gasteiger partial charge is 0.0615 e. The molecule has 1 aromatic rings. The highest BCUT2D eigenvalue weighted by Gasteiger charge is 1.85. The molecule has 0 bridgehead atoms. The largest absolute Gasteiger partial charge is 0.164 e. The maximum Gasteiger partial charge on any atom is 0.0615 e. The quantitative estimate of drug-likeness (QED) is 0.513. The van der Waals surface area contributed by atoms with E-state index >= 15 is 0 Å². The van der Waals surface area contributed by atoms with Crippen molar-refractivity contribution in [3.63, 3.8) is 0 Å². The van der Waals surface area contributed by atoms with E-state index in [-0.39, 0.29) is 0 Å². The van der Waals surface area contributed by atoms with Crippen LogP contribution in [0.15, 0.2) is 17.4 Å². The van der Waals surface area contributed by atoms with Crippen molar-refractivity contribution in [3.05, 3.63) is 18.0 Å². The van der Waals surface area contributed by atoms with Crippen LogP contribution < -0.4 is 0 Å². The van der Waals surface area contributed by atoms with Gasteiger partial charge in [0.25, 0.3) is 0 Å². The zero-order valence-electron chi connectivity index (χ0n) is 5.57. The molecule has 0 aliphatic heterocycles. The van der Waals surface area contributed by atoms with E-state index in [1.54, 1.807) is 6.21 Å². The molecule has 0 saturated heterocycles. The summed E-state index contributed by atoms with van der Waals surface area (Å²) < 4.78 is 0. The molecular weight excluding hydrogens is 114 g/mol.